The third-order valence-corrected chi connectivity index (χ3v) is 5.44. The number of hydrogen-bond acceptors (Lipinski definition) is 2. The zero-order chi connectivity index (χ0) is 14.7. The maximum atomic E-state index is 11.0. The number of nitrogens with zero attached hydrogens (tertiary/aromatic N) is 1. The van der Waals surface area contributed by atoms with Crippen molar-refractivity contribution in [3.05, 3.63) is 72.8 Å². The van der Waals surface area contributed by atoms with Crippen LogP contribution in [0.1, 0.15) is 21.5 Å². The van der Waals surface area contributed by atoms with Crippen molar-refractivity contribution in [2.45, 2.75) is 18.2 Å². The first-order valence-corrected chi connectivity index (χ1v) is 8.11. The lowest BCUT2D eigenvalue weighted by Gasteiger charge is -2.14. The molecule has 0 saturated heterocycles. The Balaban J connectivity index is 2.30. The molecule has 1 atom stereocenters. The molecule has 2 aromatic rings. The topological polar surface area (TPSA) is 43.1 Å². The lowest BCUT2D eigenvalue weighted by Crippen LogP contribution is -2.02. The van der Waals surface area contributed by atoms with Crippen LogP contribution in [0.4, 0.5) is 5.69 Å². The maximum Gasteiger partial charge on any atom is 0.272 e. The average molecular weight is 446 g/mol. The van der Waals surface area contributed by atoms with Crippen molar-refractivity contribution in [2.75, 3.05) is 0 Å². The molecule has 0 aromatic heterocycles. The fourth-order valence-corrected chi connectivity index (χ4v) is 3.97. The van der Waals surface area contributed by atoms with Gasteiger partial charge in [0.25, 0.3) is 5.69 Å². The monoisotopic (exact) mass is 445 g/mol. The van der Waals surface area contributed by atoms with E-state index in [1.165, 1.54) is 14.7 Å². The Morgan fingerprint density at radius 2 is 1.95 bits per heavy atom. The number of halogens is 2. The van der Waals surface area contributed by atoms with Crippen molar-refractivity contribution in [1.82, 2.24) is 0 Å². The molecular weight excluding hydrogens is 433 g/mol. The van der Waals surface area contributed by atoms with E-state index in [-0.39, 0.29) is 15.4 Å². The van der Waals surface area contributed by atoms with Gasteiger partial charge in [-0.15, -0.1) is 0 Å². The molecule has 0 fully saturated rings. The first-order valence-electron chi connectivity index (χ1n) is 6.12. The minimum absolute atomic E-state index is 0.0652. The van der Waals surface area contributed by atoms with E-state index < -0.39 is 0 Å². The van der Waals surface area contributed by atoms with E-state index in [1.807, 2.05) is 18.2 Å². The van der Waals surface area contributed by atoms with Crippen LogP contribution in [0.15, 0.2) is 42.5 Å². The van der Waals surface area contributed by atoms with Crippen molar-refractivity contribution in [3.8, 4) is 0 Å². The van der Waals surface area contributed by atoms with Crippen LogP contribution in [0.25, 0.3) is 0 Å². The van der Waals surface area contributed by atoms with Gasteiger partial charge in [-0.2, -0.15) is 0 Å². The highest BCUT2D eigenvalue weighted by atomic mass is 127. The Kier molecular flexibility index (Phi) is 5.15. The minimum Gasteiger partial charge on any atom is -0.258 e. The van der Waals surface area contributed by atoms with E-state index in [2.05, 4.69) is 57.6 Å². The van der Waals surface area contributed by atoms with Gasteiger partial charge in [0.15, 0.2) is 0 Å². The number of para-hydroxylation sites is 1. The van der Waals surface area contributed by atoms with Gasteiger partial charge >= 0.3 is 0 Å². The zero-order valence-corrected chi connectivity index (χ0v) is 14.6. The second-order valence-electron chi connectivity index (χ2n) is 4.54. The first-order chi connectivity index (χ1) is 9.50. The van der Waals surface area contributed by atoms with Gasteiger partial charge in [-0.25, -0.2) is 0 Å². The van der Waals surface area contributed by atoms with Crippen LogP contribution in [0.2, 0.25) is 0 Å². The Morgan fingerprint density at radius 1 is 1.25 bits per heavy atom. The molecule has 2 rings (SSSR count). The normalized spacial score (nSPS) is 12.2. The van der Waals surface area contributed by atoms with Crippen LogP contribution in [0.5, 0.6) is 0 Å². The van der Waals surface area contributed by atoms with Crippen molar-refractivity contribution in [1.29, 1.82) is 0 Å². The van der Waals surface area contributed by atoms with E-state index >= 15 is 0 Å². The van der Waals surface area contributed by atoms with Gasteiger partial charge in [-0.3, -0.25) is 10.1 Å². The number of rotatable bonds is 4. The predicted octanol–water partition coefficient (Wildman–Crippen LogP) is 5.19. The van der Waals surface area contributed by atoms with Gasteiger partial charge in [0, 0.05) is 20.0 Å². The molecule has 0 aliphatic carbocycles. The SMILES string of the molecule is Cc1cccc(C(Br)Cc2ccccc2[N+](=O)[O-])c1I. The molecule has 0 N–H and O–H groups in total. The summed E-state index contributed by atoms with van der Waals surface area (Å²) < 4.78 is 1.20. The summed E-state index contributed by atoms with van der Waals surface area (Å²) in [6.45, 7) is 2.07. The molecule has 0 spiro atoms. The second-order valence-corrected chi connectivity index (χ2v) is 6.72. The van der Waals surface area contributed by atoms with Crippen molar-refractivity contribution in [3.63, 3.8) is 0 Å². The van der Waals surface area contributed by atoms with Gasteiger partial charge in [0.2, 0.25) is 0 Å². The molecule has 104 valence electrons. The lowest BCUT2D eigenvalue weighted by atomic mass is 10.0. The minimum atomic E-state index is -0.323. The number of nitro benzene ring substituents is 1. The van der Waals surface area contributed by atoms with Crippen LogP contribution in [0, 0.1) is 20.6 Å². The summed E-state index contributed by atoms with van der Waals surface area (Å²) in [6, 6.07) is 13.0. The third kappa shape index (κ3) is 3.38. The van der Waals surface area contributed by atoms with Crippen LogP contribution in [0.3, 0.4) is 0 Å². The Bertz CT molecular complexity index is 646. The Labute approximate surface area is 139 Å². The van der Waals surface area contributed by atoms with Crippen molar-refractivity contribution in [2.24, 2.45) is 0 Å². The third-order valence-electron chi connectivity index (χ3n) is 3.15. The smallest absolute Gasteiger partial charge is 0.258 e. The highest BCUT2D eigenvalue weighted by Crippen LogP contribution is 2.34. The van der Waals surface area contributed by atoms with E-state index in [1.54, 1.807) is 12.1 Å². The highest BCUT2D eigenvalue weighted by Gasteiger charge is 2.18. The van der Waals surface area contributed by atoms with Crippen LogP contribution >= 0.6 is 38.5 Å². The summed E-state index contributed by atoms with van der Waals surface area (Å²) in [4.78, 5) is 10.8. The fraction of sp³-hybridized carbons (Fsp3) is 0.200. The Morgan fingerprint density at radius 3 is 2.65 bits per heavy atom. The molecule has 2 aromatic carbocycles. The van der Waals surface area contributed by atoms with Gasteiger partial charge in [0.1, 0.15) is 0 Å². The number of aryl methyl sites for hydroxylation is 1. The molecule has 3 nitrogen and oxygen atoms in total. The molecule has 20 heavy (non-hydrogen) atoms. The lowest BCUT2D eigenvalue weighted by molar-refractivity contribution is -0.385. The molecule has 0 heterocycles. The summed E-state index contributed by atoms with van der Waals surface area (Å²) in [5.74, 6) is 0. The van der Waals surface area contributed by atoms with E-state index in [9.17, 15) is 10.1 Å². The molecule has 0 saturated carbocycles. The van der Waals surface area contributed by atoms with Crippen LogP contribution in [-0.4, -0.2) is 4.92 Å². The van der Waals surface area contributed by atoms with Crippen LogP contribution < -0.4 is 0 Å². The van der Waals surface area contributed by atoms with Gasteiger partial charge in [0.05, 0.1) is 4.92 Å². The largest absolute Gasteiger partial charge is 0.272 e. The number of nitro groups is 1. The maximum absolute atomic E-state index is 11.0. The summed E-state index contributed by atoms with van der Waals surface area (Å²) in [5, 5.41) is 11.0. The van der Waals surface area contributed by atoms with Crippen molar-refractivity contribution >= 4 is 44.2 Å². The zero-order valence-electron chi connectivity index (χ0n) is 10.8. The van der Waals surface area contributed by atoms with Crippen molar-refractivity contribution < 1.29 is 4.92 Å². The quantitative estimate of drug-likeness (QED) is 0.281. The molecule has 0 aliphatic rings. The number of benzene rings is 2. The molecule has 0 aliphatic heterocycles. The van der Waals surface area contributed by atoms with Crippen LogP contribution in [-0.2, 0) is 6.42 Å². The summed E-state index contributed by atoms with van der Waals surface area (Å²) in [7, 11) is 0. The molecule has 1 unspecified atom stereocenters. The standard InChI is InChI=1S/C15H13BrINO2/c1-10-5-4-7-12(15(10)17)13(16)9-11-6-2-3-8-14(11)18(19)20/h2-8,13H,9H2,1H3. The number of alkyl halides is 1. The van der Waals surface area contributed by atoms with Gasteiger partial charge in [-0.05, 0) is 47.1 Å². The predicted molar refractivity (Wildman–Crippen MR) is 92.4 cm³/mol. The molecule has 0 bridgehead atoms. The molecule has 0 radical (unpaired) electrons. The molecular formula is C15H13BrINO2. The van der Waals surface area contributed by atoms with E-state index in [0.29, 0.717) is 6.42 Å². The van der Waals surface area contributed by atoms with E-state index in [4.69, 9.17) is 0 Å². The van der Waals surface area contributed by atoms with Gasteiger partial charge in [-0.1, -0.05) is 52.3 Å². The summed E-state index contributed by atoms with van der Waals surface area (Å²) >= 11 is 5.98. The van der Waals surface area contributed by atoms with E-state index in [0.717, 1.165) is 5.56 Å². The summed E-state index contributed by atoms with van der Waals surface area (Å²) in [6.07, 6.45) is 0.594. The molecule has 0 amide bonds. The Hall–Kier alpha value is -0.950. The first kappa shape index (κ1) is 15.4. The number of hydrogen-bond donors (Lipinski definition) is 0. The average Bonchev–Trinajstić information content (AvgIpc) is 2.42. The molecule has 5 heteroatoms. The fourth-order valence-electron chi connectivity index (χ4n) is 2.08. The van der Waals surface area contributed by atoms with Gasteiger partial charge < -0.3 is 0 Å². The highest BCUT2D eigenvalue weighted by molar-refractivity contribution is 14.1. The second kappa shape index (κ2) is 6.67. The summed E-state index contributed by atoms with van der Waals surface area (Å²) in [5.41, 5.74) is 3.31.